The summed E-state index contributed by atoms with van der Waals surface area (Å²) >= 11 is 0. The van der Waals surface area contributed by atoms with E-state index in [9.17, 15) is 0 Å². The van der Waals surface area contributed by atoms with Crippen LogP contribution < -0.4 is 0 Å². The highest BCUT2D eigenvalue weighted by Crippen LogP contribution is 2.32. The van der Waals surface area contributed by atoms with E-state index >= 15 is 0 Å². The van der Waals surface area contributed by atoms with Crippen LogP contribution in [0.5, 0.6) is 0 Å². The number of rotatable bonds is 3. The van der Waals surface area contributed by atoms with Crippen molar-refractivity contribution >= 4 is 0 Å². The molecule has 0 radical (unpaired) electrons. The summed E-state index contributed by atoms with van der Waals surface area (Å²) in [5.74, 6) is 0.837. The minimum atomic E-state index is 0.0310. The molecule has 1 aliphatic carbocycles. The summed E-state index contributed by atoms with van der Waals surface area (Å²) in [5, 5.41) is 0. The van der Waals surface area contributed by atoms with E-state index in [1.807, 2.05) is 0 Å². The van der Waals surface area contributed by atoms with Gasteiger partial charge in [-0.1, -0.05) is 19.8 Å². The minimum absolute atomic E-state index is 0.0310. The molecule has 1 fully saturated rings. The third-order valence-electron chi connectivity index (χ3n) is 2.83. The molecule has 0 N–H and O–H groups in total. The van der Waals surface area contributed by atoms with E-state index in [-0.39, 0.29) is 5.60 Å². The first-order valence-electron chi connectivity index (χ1n) is 5.71. The van der Waals surface area contributed by atoms with Gasteiger partial charge in [-0.15, -0.1) is 0 Å². The summed E-state index contributed by atoms with van der Waals surface area (Å²) in [6.07, 6.45) is 7.26. The maximum absolute atomic E-state index is 6.07. The van der Waals surface area contributed by atoms with E-state index in [4.69, 9.17) is 4.74 Å². The second-order valence-corrected chi connectivity index (χ2v) is 5.22. The molecule has 78 valence electrons. The van der Waals surface area contributed by atoms with Crippen LogP contribution in [0.1, 0.15) is 59.8 Å². The second kappa shape index (κ2) is 4.45. The normalized spacial score (nSPS) is 22.2. The highest BCUT2D eigenvalue weighted by molar-refractivity contribution is 4.77. The molecule has 1 heteroatoms. The predicted molar refractivity (Wildman–Crippen MR) is 56.9 cm³/mol. The Balaban J connectivity index is 2.42. The number of ether oxygens (including phenoxy) is 1. The molecule has 1 atom stereocenters. The van der Waals surface area contributed by atoms with Crippen molar-refractivity contribution in [2.24, 2.45) is 5.92 Å². The highest BCUT2D eigenvalue weighted by atomic mass is 16.5. The topological polar surface area (TPSA) is 9.23 Å². The maximum atomic E-state index is 6.07. The Labute approximate surface area is 82.9 Å². The van der Waals surface area contributed by atoms with Gasteiger partial charge in [0.1, 0.15) is 0 Å². The van der Waals surface area contributed by atoms with Gasteiger partial charge in [0.15, 0.2) is 0 Å². The van der Waals surface area contributed by atoms with Crippen LogP contribution in [-0.4, -0.2) is 11.7 Å². The monoisotopic (exact) mass is 184 g/mol. The van der Waals surface area contributed by atoms with Gasteiger partial charge in [-0.2, -0.15) is 0 Å². The minimum Gasteiger partial charge on any atom is -0.372 e. The van der Waals surface area contributed by atoms with Crippen LogP contribution in [0.25, 0.3) is 0 Å². The average molecular weight is 184 g/mol. The van der Waals surface area contributed by atoms with E-state index in [2.05, 4.69) is 27.7 Å². The van der Waals surface area contributed by atoms with Crippen LogP contribution >= 0.6 is 0 Å². The van der Waals surface area contributed by atoms with Crippen molar-refractivity contribution in [1.82, 2.24) is 0 Å². The van der Waals surface area contributed by atoms with Crippen LogP contribution in [0.2, 0.25) is 0 Å². The molecule has 0 aliphatic heterocycles. The van der Waals surface area contributed by atoms with E-state index in [0.29, 0.717) is 6.10 Å². The summed E-state index contributed by atoms with van der Waals surface area (Å²) in [7, 11) is 0. The highest BCUT2D eigenvalue weighted by Gasteiger charge is 2.27. The lowest BCUT2D eigenvalue weighted by atomic mass is 9.98. The van der Waals surface area contributed by atoms with E-state index in [1.165, 1.54) is 32.1 Å². The lowest BCUT2D eigenvalue weighted by Gasteiger charge is -2.30. The van der Waals surface area contributed by atoms with Crippen molar-refractivity contribution in [2.75, 3.05) is 0 Å². The third-order valence-corrected chi connectivity index (χ3v) is 2.83. The molecule has 1 saturated carbocycles. The molecule has 1 nitrogen and oxygen atoms in total. The van der Waals surface area contributed by atoms with Gasteiger partial charge in [-0.25, -0.2) is 0 Å². The molecule has 0 aromatic carbocycles. The fourth-order valence-electron chi connectivity index (χ4n) is 2.30. The Hall–Kier alpha value is -0.0400. The van der Waals surface area contributed by atoms with Gasteiger partial charge in [0.2, 0.25) is 0 Å². The Morgan fingerprint density at radius 3 is 2.15 bits per heavy atom. The molecule has 0 spiro atoms. The quantitative estimate of drug-likeness (QED) is 0.648. The summed E-state index contributed by atoms with van der Waals surface area (Å²) in [6, 6.07) is 0. The maximum Gasteiger partial charge on any atom is 0.0607 e. The molecule has 0 heterocycles. The fraction of sp³-hybridized carbons (Fsp3) is 1.00. The van der Waals surface area contributed by atoms with E-state index < -0.39 is 0 Å². The fourth-order valence-corrected chi connectivity index (χ4v) is 2.30. The predicted octanol–water partition coefficient (Wildman–Crippen LogP) is 3.77. The Bertz CT molecular complexity index is 140. The van der Waals surface area contributed by atoms with Crippen LogP contribution in [0, 0.1) is 5.92 Å². The van der Waals surface area contributed by atoms with Gasteiger partial charge >= 0.3 is 0 Å². The molecule has 0 bridgehead atoms. The molecule has 0 saturated heterocycles. The molecular weight excluding hydrogens is 160 g/mol. The molecule has 0 unspecified atom stereocenters. The summed E-state index contributed by atoms with van der Waals surface area (Å²) < 4.78 is 6.07. The van der Waals surface area contributed by atoms with Crippen molar-refractivity contribution in [1.29, 1.82) is 0 Å². The lowest BCUT2D eigenvalue weighted by molar-refractivity contribution is -0.0851. The molecule has 1 aliphatic rings. The summed E-state index contributed by atoms with van der Waals surface area (Å²) in [5.41, 5.74) is 0.0310. The van der Waals surface area contributed by atoms with Gasteiger partial charge in [0.05, 0.1) is 11.7 Å². The van der Waals surface area contributed by atoms with Crippen molar-refractivity contribution in [3.05, 3.63) is 0 Å². The smallest absolute Gasteiger partial charge is 0.0607 e. The van der Waals surface area contributed by atoms with Gasteiger partial charge in [-0.3, -0.25) is 0 Å². The molecule has 0 aromatic heterocycles. The second-order valence-electron chi connectivity index (χ2n) is 5.22. The molecule has 0 aromatic rings. The van der Waals surface area contributed by atoms with Crippen molar-refractivity contribution in [2.45, 2.75) is 71.5 Å². The van der Waals surface area contributed by atoms with Crippen LogP contribution in [0.15, 0.2) is 0 Å². The van der Waals surface area contributed by atoms with Gasteiger partial charge < -0.3 is 4.74 Å². The Morgan fingerprint density at radius 2 is 1.77 bits per heavy atom. The van der Waals surface area contributed by atoms with Gasteiger partial charge in [0.25, 0.3) is 0 Å². The third kappa shape index (κ3) is 3.68. The zero-order valence-electron chi connectivity index (χ0n) is 9.60. The van der Waals surface area contributed by atoms with Crippen LogP contribution in [-0.2, 0) is 4.74 Å². The zero-order chi connectivity index (χ0) is 9.90. The zero-order valence-corrected chi connectivity index (χ0v) is 9.60. The largest absolute Gasteiger partial charge is 0.372 e. The van der Waals surface area contributed by atoms with Crippen LogP contribution in [0.4, 0.5) is 0 Å². The van der Waals surface area contributed by atoms with Gasteiger partial charge in [0, 0.05) is 0 Å². The standard InChI is InChI=1S/C12H24O/c1-5-11(13-12(2,3)4)10-8-6-7-9-10/h10-11H,5-9H2,1-4H3/t11-/m1/s1. The Morgan fingerprint density at radius 1 is 1.23 bits per heavy atom. The molecule has 13 heavy (non-hydrogen) atoms. The van der Waals surface area contributed by atoms with Crippen molar-refractivity contribution in [3.63, 3.8) is 0 Å². The van der Waals surface area contributed by atoms with E-state index in [1.54, 1.807) is 0 Å². The molecule has 1 rings (SSSR count). The first kappa shape index (κ1) is 11.0. The average Bonchev–Trinajstić information content (AvgIpc) is 2.50. The Kier molecular flexibility index (Phi) is 3.78. The van der Waals surface area contributed by atoms with Crippen LogP contribution in [0.3, 0.4) is 0 Å². The molecular formula is C12H24O. The SMILES string of the molecule is CC[C@@H](OC(C)(C)C)C1CCCC1. The van der Waals surface area contributed by atoms with E-state index in [0.717, 1.165) is 5.92 Å². The number of hydrogen-bond donors (Lipinski definition) is 0. The summed E-state index contributed by atoms with van der Waals surface area (Å²) in [4.78, 5) is 0. The van der Waals surface area contributed by atoms with Gasteiger partial charge in [-0.05, 0) is 46.0 Å². The first-order chi connectivity index (χ1) is 6.03. The van der Waals surface area contributed by atoms with Crippen molar-refractivity contribution < 1.29 is 4.74 Å². The van der Waals surface area contributed by atoms with Crippen molar-refractivity contribution in [3.8, 4) is 0 Å². The summed E-state index contributed by atoms with van der Waals surface area (Å²) in [6.45, 7) is 8.72. The molecule has 0 amide bonds. The number of hydrogen-bond acceptors (Lipinski definition) is 1. The lowest BCUT2D eigenvalue weighted by Crippen LogP contribution is -2.31. The first-order valence-corrected chi connectivity index (χ1v) is 5.71.